The maximum absolute atomic E-state index is 5.73. The summed E-state index contributed by atoms with van der Waals surface area (Å²) in [6.07, 6.45) is 6.84. The SMILES string of the molecule is CC(C)N(CCCn1ccnc1)Cc1ccc(N)cc1. The zero-order valence-electron chi connectivity index (χ0n) is 12.4. The first-order valence-corrected chi connectivity index (χ1v) is 7.19. The molecule has 1 heterocycles. The van der Waals surface area contributed by atoms with Gasteiger partial charge in [-0.05, 0) is 38.0 Å². The molecule has 2 N–H and O–H groups in total. The van der Waals surface area contributed by atoms with E-state index in [0.29, 0.717) is 6.04 Å². The zero-order chi connectivity index (χ0) is 14.4. The Morgan fingerprint density at radius 2 is 2.00 bits per heavy atom. The van der Waals surface area contributed by atoms with Crippen LogP contribution in [0, 0.1) is 0 Å². The Morgan fingerprint density at radius 1 is 1.25 bits per heavy atom. The van der Waals surface area contributed by atoms with Crippen molar-refractivity contribution < 1.29 is 0 Å². The number of anilines is 1. The second-order valence-corrected chi connectivity index (χ2v) is 5.46. The summed E-state index contributed by atoms with van der Waals surface area (Å²) in [6.45, 7) is 7.57. The second kappa shape index (κ2) is 7.10. The first kappa shape index (κ1) is 14.6. The van der Waals surface area contributed by atoms with Gasteiger partial charge < -0.3 is 10.3 Å². The molecular formula is C16H24N4. The molecule has 0 atom stereocenters. The number of nitrogens with two attached hydrogens (primary N) is 1. The average Bonchev–Trinajstić information content (AvgIpc) is 2.93. The van der Waals surface area contributed by atoms with Crippen LogP contribution in [-0.2, 0) is 13.1 Å². The van der Waals surface area contributed by atoms with Gasteiger partial charge in [-0.15, -0.1) is 0 Å². The summed E-state index contributed by atoms with van der Waals surface area (Å²) >= 11 is 0. The van der Waals surface area contributed by atoms with E-state index in [1.54, 1.807) is 0 Å². The van der Waals surface area contributed by atoms with Crippen LogP contribution < -0.4 is 5.73 Å². The quantitative estimate of drug-likeness (QED) is 0.788. The van der Waals surface area contributed by atoms with Crippen LogP contribution in [0.25, 0.3) is 0 Å². The van der Waals surface area contributed by atoms with Gasteiger partial charge in [-0.1, -0.05) is 12.1 Å². The maximum Gasteiger partial charge on any atom is 0.0945 e. The molecule has 20 heavy (non-hydrogen) atoms. The van der Waals surface area contributed by atoms with Crippen molar-refractivity contribution in [1.29, 1.82) is 0 Å². The molecule has 0 aliphatic heterocycles. The first-order chi connectivity index (χ1) is 9.65. The summed E-state index contributed by atoms with van der Waals surface area (Å²) in [5.74, 6) is 0. The van der Waals surface area contributed by atoms with E-state index in [1.807, 2.05) is 30.9 Å². The number of hydrogen-bond donors (Lipinski definition) is 1. The molecule has 0 saturated carbocycles. The van der Waals surface area contributed by atoms with Crippen LogP contribution in [0.4, 0.5) is 5.69 Å². The molecule has 108 valence electrons. The van der Waals surface area contributed by atoms with E-state index < -0.39 is 0 Å². The van der Waals surface area contributed by atoms with Gasteiger partial charge in [0.15, 0.2) is 0 Å². The Kier molecular flexibility index (Phi) is 5.18. The number of nitrogen functional groups attached to an aromatic ring is 1. The van der Waals surface area contributed by atoms with E-state index in [-0.39, 0.29) is 0 Å². The molecular weight excluding hydrogens is 248 g/mol. The molecule has 0 spiro atoms. The van der Waals surface area contributed by atoms with Crippen LogP contribution in [-0.4, -0.2) is 27.0 Å². The minimum absolute atomic E-state index is 0.537. The van der Waals surface area contributed by atoms with Crippen molar-refractivity contribution in [1.82, 2.24) is 14.5 Å². The monoisotopic (exact) mass is 272 g/mol. The maximum atomic E-state index is 5.73. The number of imidazole rings is 1. The number of aromatic nitrogens is 2. The Bertz CT molecular complexity index is 488. The molecule has 0 aliphatic rings. The Morgan fingerprint density at radius 3 is 2.60 bits per heavy atom. The topological polar surface area (TPSA) is 47.1 Å². The number of rotatable bonds is 7. The van der Waals surface area contributed by atoms with Crippen LogP contribution in [0.1, 0.15) is 25.8 Å². The van der Waals surface area contributed by atoms with E-state index in [2.05, 4.69) is 40.4 Å². The molecule has 0 radical (unpaired) electrons. The highest BCUT2D eigenvalue weighted by Gasteiger charge is 2.09. The van der Waals surface area contributed by atoms with Crippen molar-refractivity contribution in [3.8, 4) is 0 Å². The van der Waals surface area contributed by atoms with Gasteiger partial charge in [0, 0.05) is 43.8 Å². The lowest BCUT2D eigenvalue weighted by Crippen LogP contribution is -2.31. The third-order valence-corrected chi connectivity index (χ3v) is 3.52. The van der Waals surface area contributed by atoms with Gasteiger partial charge in [-0.3, -0.25) is 4.90 Å². The fraction of sp³-hybridized carbons (Fsp3) is 0.438. The molecule has 1 aromatic carbocycles. The Labute approximate surface area is 121 Å². The minimum Gasteiger partial charge on any atom is -0.399 e. The van der Waals surface area contributed by atoms with Crippen molar-refractivity contribution in [3.63, 3.8) is 0 Å². The molecule has 0 unspecified atom stereocenters. The van der Waals surface area contributed by atoms with Crippen LogP contribution in [0.15, 0.2) is 43.0 Å². The van der Waals surface area contributed by atoms with Crippen LogP contribution in [0.5, 0.6) is 0 Å². The molecule has 0 fully saturated rings. The molecule has 2 rings (SSSR count). The van der Waals surface area contributed by atoms with Gasteiger partial charge in [0.1, 0.15) is 0 Å². The second-order valence-electron chi connectivity index (χ2n) is 5.46. The van der Waals surface area contributed by atoms with Gasteiger partial charge in [-0.2, -0.15) is 0 Å². The summed E-state index contributed by atoms with van der Waals surface area (Å²) in [6, 6.07) is 8.70. The molecule has 0 amide bonds. The lowest BCUT2D eigenvalue weighted by Gasteiger charge is -2.26. The average molecular weight is 272 g/mol. The molecule has 0 aliphatic carbocycles. The summed E-state index contributed by atoms with van der Waals surface area (Å²) in [5, 5.41) is 0. The predicted molar refractivity (Wildman–Crippen MR) is 83.2 cm³/mol. The minimum atomic E-state index is 0.537. The molecule has 1 aromatic heterocycles. The third-order valence-electron chi connectivity index (χ3n) is 3.52. The predicted octanol–water partition coefficient (Wildman–Crippen LogP) is 2.77. The highest BCUT2D eigenvalue weighted by Crippen LogP contribution is 2.11. The van der Waals surface area contributed by atoms with Crippen LogP contribution >= 0.6 is 0 Å². The van der Waals surface area contributed by atoms with Crippen molar-refractivity contribution in [2.45, 2.75) is 39.4 Å². The summed E-state index contributed by atoms with van der Waals surface area (Å²) in [5.41, 5.74) is 7.87. The molecule has 4 nitrogen and oxygen atoms in total. The number of hydrogen-bond acceptors (Lipinski definition) is 3. The highest BCUT2D eigenvalue weighted by molar-refractivity contribution is 5.39. The van der Waals surface area contributed by atoms with Gasteiger partial charge >= 0.3 is 0 Å². The Balaban J connectivity index is 1.85. The van der Waals surface area contributed by atoms with Crippen molar-refractivity contribution in [2.75, 3.05) is 12.3 Å². The summed E-state index contributed by atoms with van der Waals surface area (Å²) in [4.78, 5) is 6.56. The van der Waals surface area contributed by atoms with Gasteiger partial charge in [0.2, 0.25) is 0 Å². The van der Waals surface area contributed by atoms with Crippen molar-refractivity contribution >= 4 is 5.69 Å². The highest BCUT2D eigenvalue weighted by atomic mass is 15.1. The molecule has 4 heteroatoms. The summed E-state index contributed by atoms with van der Waals surface area (Å²) < 4.78 is 2.13. The van der Waals surface area contributed by atoms with Crippen molar-refractivity contribution in [2.24, 2.45) is 0 Å². The normalized spacial score (nSPS) is 11.4. The van der Waals surface area contributed by atoms with E-state index >= 15 is 0 Å². The smallest absolute Gasteiger partial charge is 0.0945 e. The third kappa shape index (κ3) is 4.38. The lowest BCUT2D eigenvalue weighted by atomic mass is 10.1. The van der Waals surface area contributed by atoms with Gasteiger partial charge in [-0.25, -0.2) is 4.98 Å². The fourth-order valence-electron chi connectivity index (χ4n) is 2.25. The van der Waals surface area contributed by atoms with E-state index in [1.165, 1.54) is 5.56 Å². The molecule has 0 bridgehead atoms. The number of benzene rings is 1. The number of aryl methyl sites for hydroxylation is 1. The fourth-order valence-corrected chi connectivity index (χ4v) is 2.25. The van der Waals surface area contributed by atoms with E-state index in [0.717, 1.165) is 31.7 Å². The van der Waals surface area contributed by atoms with Crippen molar-refractivity contribution in [3.05, 3.63) is 48.5 Å². The van der Waals surface area contributed by atoms with Crippen LogP contribution in [0.2, 0.25) is 0 Å². The molecule has 2 aromatic rings. The standard InChI is InChI=1S/C16H24N4/c1-14(2)20(10-3-9-19-11-8-18-13-19)12-15-4-6-16(17)7-5-15/h4-8,11,13-14H,3,9-10,12,17H2,1-2H3. The van der Waals surface area contributed by atoms with E-state index in [4.69, 9.17) is 5.73 Å². The van der Waals surface area contributed by atoms with Gasteiger partial charge in [0.05, 0.1) is 6.33 Å². The molecule has 0 saturated heterocycles. The largest absolute Gasteiger partial charge is 0.399 e. The Hall–Kier alpha value is -1.81. The zero-order valence-corrected chi connectivity index (χ0v) is 12.4. The number of nitrogens with zero attached hydrogens (tertiary/aromatic N) is 3. The lowest BCUT2D eigenvalue weighted by molar-refractivity contribution is 0.206. The summed E-state index contributed by atoms with van der Waals surface area (Å²) in [7, 11) is 0. The van der Waals surface area contributed by atoms with E-state index in [9.17, 15) is 0 Å². The van der Waals surface area contributed by atoms with Gasteiger partial charge in [0.25, 0.3) is 0 Å². The van der Waals surface area contributed by atoms with Crippen LogP contribution in [0.3, 0.4) is 0 Å². The first-order valence-electron chi connectivity index (χ1n) is 7.19.